The first-order chi connectivity index (χ1) is 19.5. The van der Waals surface area contributed by atoms with Gasteiger partial charge in [0, 0.05) is 37.8 Å². The summed E-state index contributed by atoms with van der Waals surface area (Å²) in [6.07, 6.45) is 2.69. The lowest BCUT2D eigenvalue weighted by Crippen LogP contribution is -2.52. The molecule has 0 saturated heterocycles. The number of ether oxygens (including phenoxy) is 1. The Morgan fingerprint density at radius 2 is 1.76 bits per heavy atom. The molecule has 2 amide bonds. The summed E-state index contributed by atoms with van der Waals surface area (Å²) in [5.41, 5.74) is 7.44. The van der Waals surface area contributed by atoms with Crippen molar-refractivity contribution >= 4 is 40.7 Å². The quantitative estimate of drug-likeness (QED) is 0.234. The Kier molecular flexibility index (Phi) is 9.65. The zero-order valence-electron chi connectivity index (χ0n) is 24.0. The largest absolute Gasteiger partial charge is 0.496 e. The summed E-state index contributed by atoms with van der Waals surface area (Å²) in [4.78, 5) is 29.2. The number of hydrogen-bond acceptors (Lipinski definition) is 5. The van der Waals surface area contributed by atoms with E-state index in [9.17, 15) is 9.59 Å². The van der Waals surface area contributed by atoms with E-state index < -0.39 is 5.54 Å². The van der Waals surface area contributed by atoms with Crippen LogP contribution < -0.4 is 26.0 Å². The topological polar surface area (TPSA) is 96.7 Å². The Morgan fingerprint density at radius 1 is 1.00 bits per heavy atom. The zero-order chi connectivity index (χ0) is 29.8. The molecule has 41 heavy (non-hydrogen) atoms. The van der Waals surface area contributed by atoms with Gasteiger partial charge < -0.3 is 20.7 Å². The van der Waals surface area contributed by atoms with Gasteiger partial charge in [0.25, 0.3) is 11.8 Å². The molecule has 1 aliphatic rings. The zero-order valence-corrected chi connectivity index (χ0v) is 25.5. The molecule has 0 aliphatic carbocycles. The first-order valence-corrected chi connectivity index (χ1v) is 14.6. The fourth-order valence-corrected chi connectivity index (χ4v) is 5.69. The van der Waals surface area contributed by atoms with E-state index in [1.807, 2.05) is 57.2 Å². The van der Waals surface area contributed by atoms with Crippen molar-refractivity contribution in [2.75, 3.05) is 25.1 Å². The summed E-state index contributed by atoms with van der Waals surface area (Å²) in [5, 5.41) is 7.55. The van der Waals surface area contributed by atoms with Gasteiger partial charge in [0.2, 0.25) is 0 Å². The summed E-state index contributed by atoms with van der Waals surface area (Å²) >= 11 is 13.3. The number of nitrogens with two attached hydrogens (primary N) is 1. The molecule has 4 rings (SSSR count). The predicted molar refractivity (Wildman–Crippen MR) is 166 cm³/mol. The van der Waals surface area contributed by atoms with Crippen LogP contribution in [0, 0.1) is 0 Å². The number of unbranched alkanes of at least 4 members (excludes halogenated alkanes) is 2. The van der Waals surface area contributed by atoms with Crippen LogP contribution in [0.2, 0.25) is 10.0 Å². The molecule has 1 aliphatic heterocycles. The third kappa shape index (κ3) is 6.54. The van der Waals surface area contributed by atoms with E-state index in [4.69, 9.17) is 33.7 Å². The lowest BCUT2D eigenvalue weighted by atomic mass is 9.83. The highest BCUT2D eigenvalue weighted by molar-refractivity contribution is 6.32. The Morgan fingerprint density at radius 3 is 2.44 bits per heavy atom. The number of fused-ring (bicyclic) bond motifs is 1. The normalized spacial score (nSPS) is 16.6. The van der Waals surface area contributed by atoms with Crippen LogP contribution in [0.4, 0.5) is 5.69 Å². The minimum Gasteiger partial charge on any atom is -0.496 e. The van der Waals surface area contributed by atoms with Gasteiger partial charge in [-0.15, -0.1) is 0 Å². The Labute approximate surface area is 252 Å². The molecule has 9 heteroatoms. The van der Waals surface area contributed by atoms with Gasteiger partial charge in [-0.1, -0.05) is 53.9 Å². The highest BCUT2D eigenvalue weighted by Gasteiger charge is 2.53. The van der Waals surface area contributed by atoms with Crippen molar-refractivity contribution in [2.45, 2.75) is 57.7 Å². The number of halogens is 2. The van der Waals surface area contributed by atoms with Gasteiger partial charge in [-0.05, 0) is 83.1 Å². The van der Waals surface area contributed by atoms with Crippen molar-refractivity contribution in [1.82, 2.24) is 10.6 Å². The molecule has 218 valence electrons. The Balaban J connectivity index is 1.76. The number of hydrogen-bond donors (Lipinski definition) is 3. The first-order valence-electron chi connectivity index (χ1n) is 13.8. The number of amides is 2. The molecule has 3 aromatic carbocycles. The minimum absolute atomic E-state index is 0.168. The van der Waals surface area contributed by atoms with Crippen LogP contribution in [0.3, 0.4) is 0 Å². The maximum atomic E-state index is 14.6. The molecule has 1 heterocycles. The number of anilines is 1. The summed E-state index contributed by atoms with van der Waals surface area (Å²) in [7, 11) is 1.56. The highest BCUT2D eigenvalue weighted by Crippen LogP contribution is 2.48. The third-order valence-corrected chi connectivity index (χ3v) is 7.70. The van der Waals surface area contributed by atoms with E-state index in [1.165, 1.54) is 0 Å². The molecule has 4 N–H and O–H groups in total. The van der Waals surface area contributed by atoms with Crippen LogP contribution in [0.15, 0.2) is 60.7 Å². The lowest BCUT2D eigenvalue weighted by molar-refractivity contribution is -0.123. The van der Waals surface area contributed by atoms with Crippen molar-refractivity contribution in [3.63, 3.8) is 0 Å². The average molecular weight is 598 g/mol. The van der Waals surface area contributed by atoms with Gasteiger partial charge in [-0.3, -0.25) is 14.9 Å². The Hall–Kier alpha value is -3.10. The van der Waals surface area contributed by atoms with E-state index in [2.05, 4.69) is 10.6 Å². The van der Waals surface area contributed by atoms with E-state index in [-0.39, 0.29) is 23.9 Å². The lowest BCUT2D eigenvalue weighted by Gasteiger charge is -2.32. The van der Waals surface area contributed by atoms with Crippen molar-refractivity contribution in [2.24, 2.45) is 5.73 Å². The van der Waals surface area contributed by atoms with Gasteiger partial charge in [-0.25, -0.2) is 0 Å². The second kappa shape index (κ2) is 12.8. The molecule has 0 bridgehead atoms. The van der Waals surface area contributed by atoms with Crippen molar-refractivity contribution in [3.8, 4) is 5.75 Å². The molecule has 0 saturated carbocycles. The van der Waals surface area contributed by atoms with Crippen LogP contribution in [0.1, 0.15) is 67.1 Å². The highest BCUT2D eigenvalue weighted by atomic mass is 35.5. The van der Waals surface area contributed by atoms with Gasteiger partial charge in [-0.2, -0.15) is 0 Å². The molecular formula is C32H38Cl2N4O3. The standard InChI is InChI=1S/C32H38Cl2N4O3/c1-31(2,3)37-29(39)21-12-13-22(28(18-21)41-4)20-38-27-15-14-23(33)19-25(27)32(30(38)40,36-17-9-5-8-16-35)24-10-6-7-11-26(24)34/h6-7,10-15,18-19,36H,5,8-9,16-17,20,35H2,1-4H3,(H,37,39). The number of methoxy groups -OCH3 is 1. The van der Waals surface area contributed by atoms with E-state index in [1.54, 1.807) is 36.3 Å². The maximum absolute atomic E-state index is 14.6. The SMILES string of the molecule is COc1cc(C(=O)NC(C)(C)C)ccc1CN1C(=O)C(NCCCCCN)(c2ccccc2Cl)c2cc(Cl)ccc21. The number of carbonyl (C=O) groups is 2. The second-order valence-corrected chi connectivity index (χ2v) is 12.1. The number of benzene rings is 3. The molecule has 0 fully saturated rings. The van der Waals surface area contributed by atoms with Crippen LogP contribution in [0.5, 0.6) is 5.75 Å². The Bertz CT molecular complexity index is 1420. The van der Waals surface area contributed by atoms with E-state index in [0.29, 0.717) is 40.0 Å². The van der Waals surface area contributed by atoms with Gasteiger partial charge in [0.1, 0.15) is 5.75 Å². The average Bonchev–Trinajstić information content (AvgIpc) is 3.15. The van der Waals surface area contributed by atoms with Gasteiger partial charge >= 0.3 is 0 Å². The van der Waals surface area contributed by atoms with Crippen LogP contribution in [0.25, 0.3) is 0 Å². The summed E-state index contributed by atoms with van der Waals surface area (Å²) in [5.74, 6) is 0.148. The molecule has 1 unspecified atom stereocenters. The molecule has 3 aromatic rings. The molecule has 7 nitrogen and oxygen atoms in total. The summed E-state index contributed by atoms with van der Waals surface area (Å²) in [6, 6.07) is 18.2. The van der Waals surface area contributed by atoms with Crippen molar-refractivity contribution in [1.29, 1.82) is 0 Å². The van der Waals surface area contributed by atoms with E-state index in [0.717, 1.165) is 36.1 Å². The van der Waals surface area contributed by atoms with Crippen LogP contribution >= 0.6 is 23.2 Å². The number of carbonyl (C=O) groups excluding carboxylic acids is 2. The van der Waals surface area contributed by atoms with Crippen LogP contribution in [-0.2, 0) is 16.9 Å². The summed E-state index contributed by atoms with van der Waals surface area (Å²) in [6.45, 7) is 7.21. The molecular weight excluding hydrogens is 559 g/mol. The fraction of sp³-hybridized carbons (Fsp3) is 0.375. The third-order valence-electron chi connectivity index (χ3n) is 7.13. The molecule has 1 atom stereocenters. The van der Waals surface area contributed by atoms with E-state index >= 15 is 0 Å². The number of nitrogens with one attached hydrogen (secondary N) is 2. The minimum atomic E-state index is -1.24. The summed E-state index contributed by atoms with van der Waals surface area (Å²) < 4.78 is 5.69. The van der Waals surface area contributed by atoms with Gasteiger partial charge in [0.05, 0.1) is 19.3 Å². The molecule has 0 radical (unpaired) electrons. The van der Waals surface area contributed by atoms with Crippen LogP contribution in [-0.4, -0.2) is 37.6 Å². The molecule has 0 spiro atoms. The van der Waals surface area contributed by atoms with Crippen molar-refractivity contribution in [3.05, 3.63) is 93.0 Å². The number of rotatable bonds is 11. The monoisotopic (exact) mass is 596 g/mol. The number of nitrogens with zero attached hydrogens (tertiary/aromatic N) is 1. The second-order valence-electron chi connectivity index (χ2n) is 11.3. The molecule has 0 aromatic heterocycles. The van der Waals surface area contributed by atoms with Gasteiger partial charge in [0.15, 0.2) is 5.54 Å². The van der Waals surface area contributed by atoms with Crippen molar-refractivity contribution < 1.29 is 14.3 Å². The smallest absolute Gasteiger partial charge is 0.257 e. The first kappa shape index (κ1) is 30.8. The predicted octanol–water partition coefficient (Wildman–Crippen LogP) is 6.04. The fourth-order valence-electron chi connectivity index (χ4n) is 5.24. The maximum Gasteiger partial charge on any atom is 0.257 e.